The minimum Gasteiger partial charge on any atom is -0.497 e. The maximum atomic E-state index is 13.4. The number of benzene rings is 1. The standard InChI is InChI=1S/C11H15F2NO/c1-15-8-6-10(12)9(11(13)7-8)4-2-3-5-14/h6-7H,2-5,14H2,1H3. The van der Waals surface area contributed by atoms with Gasteiger partial charge in [0.1, 0.15) is 17.4 Å². The highest BCUT2D eigenvalue weighted by molar-refractivity contribution is 5.30. The summed E-state index contributed by atoms with van der Waals surface area (Å²) in [6.07, 6.45) is 1.83. The van der Waals surface area contributed by atoms with Crippen LogP contribution in [0.2, 0.25) is 0 Å². The lowest BCUT2D eigenvalue weighted by atomic mass is 10.1. The van der Waals surface area contributed by atoms with Gasteiger partial charge in [-0.2, -0.15) is 0 Å². The van der Waals surface area contributed by atoms with Gasteiger partial charge in [0, 0.05) is 17.7 Å². The molecule has 0 saturated carbocycles. The van der Waals surface area contributed by atoms with Gasteiger partial charge >= 0.3 is 0 Å². The van der Waals surface area contributed by atoms with E-state index >= 15 is 0 Å². The fraction of sp³-hybridized carbons (Fsp3) is 0.455. The van der Waals surface area contributed by atoms with Crippen molar-refractivity contribution >= 4 is 0 Å². The second kappa shape index (κ2) is 5.66. The number of halogens is 2. The van der Waals surface area contributed by atoms with Gasteiger partial charge in [0.2, 0.25) is 0 Å². The first kappa shape index (κ1) is 11.9. The lowest BCUT2D eigenvalue weighted by Crippen LogP contribution is -2.02. The van der Waals surface area contributed by atoms with Crippen LogP contribution < -0.4 is 10.5 Å². The van der Waals surface area contributed by atoms with Gasteiger partial charge in [-0.05, 0) is 25.8 Å². The molecule has 0 spiro atoms. The number of rotatable bonds is 5. The molecule has 0 aromatic heterocycles. The number of nitrogens with two attached hydrogens (primary N) is 1. The van der Waals surface area contributed by atoms with E-state index in [1.807, 2.05) is 0 Å². The second-order valence-corrected chi connectivity index (χ2v) is 3.32. The zero-order chi connectivity index (χ0) is 11.3. The van der Waals surface area contributed by atoms with Crippen LogP contribution in [0.1, 0.15) is 18.4 Å². The first-order valence-corrected chi connectivity index (χ1v) is 4.91. The zero-order valence-corrected chi connectivity index (χ0v) is 8.72. The zero-order valence-electron chi connectivity index (χ0n) is 8.72. The first-order valence-electron chi connectivity index (χ1n) is 4.91. The molecule has 84 valence electrons. The molecule has 0 bridgehead atoms. The molecule has 0 aliphatic carbocycles. The van der Waals surface area contributed by atoms with Crippen LogP contribution in [-0.2, 0) is 6.42 Å². The Hall–Kier alpha value is -1.16. The molecule has 1 aromatic rings. The fourth-order valence-electron chi connectivity index (χ4n) is 1.38. The van der Waals surface area contributed by atoms with Crippen molar-refractivity contribution in [1.29, 1.82) is 0 Å². The Bertz CT molecular complexity index is 305. The summed E-state index contributed by atoms with van der Waals surface area (Å²) < 4.78 is 31.5. The molecule has 0 radical (unpaired) electrons. The lowest BCUT2D eigenvalue weighted by Gasteiger charge is -2.07. The predicted molar refractivity (Wildman–Crippen MR) is 54.9 cm³/mol. The molecule has 0 amide bonds. The Kier molecular flexibility index (Phi) is 4.49. The van der Waals surface area contributed by atoms with Crippen LogP contribution in [0, 0.1) is 11.6 Å². The SMILES string of the molecule is COc1cc(F)c(CCCCN)c(F)c1. The van der Waals surface area contributed by atoms with Crippen molar-refractivity contribution in [3.63, 3.8) is 0 Å². The molecule has 1 rings (SSSR count). The van der Waals surface area contributed by atoms with Crippen LogP contribution in [0.25, 0.3) is 0 Å². The van der Waals surface area contributed by atoms with Crippen molar-refractivity contribution in [3.8, 4) is 5.75 Å². The van der Waals surface area contributed by atoms with Crippen molar-refractivity contribution in [1.82, 2.24) is 0 Å². The maximum Gasteiger partial charge on any atom is 0.133 e. The van der Waals surface area contributed by atoms with Gasteiger partial charge < -0.3 is 10.5 Å². The highest BCUT2D eigenvalue weighted by Crippen LogP contribution is 2.21. The van der Waals surface area contributed by atoms with Gasteiger partial charge in [-0.25, -0.2) is 8.78 Å². The molecule has 15 heavy (non-hydrogen) atoms. The Morgan fingerprint density at radius 2 is 1.80 bits per heavy atom. The van der Waals surface area contributed by atoms with Crippen LogP contribution in [-0.4, -0.2) is 13.7 Å². The monoisotopic (exact) mass is 215 g/mol. The molecule has 2 N–H and O–H groups in total. The van der Waals surface area contributed by atoms with Crippen molar-refractivity contribution in [2.45, 2.75) is 19.3 Å². The summed E-state index contributed by atoms with van der Waals surface area (Å²) in [6.45, 7) is 0.541. The summed E-state index contributed by atoms with van der Waals surface area (Å²) in [4.78, 5) is 0. The van der Waals surface area contributed by atoms with Crippen LogP contribution in [0.4, 0.5) is 8.78 Å². The highest BCUT2D eigenvalue weighted by atomic mass is 19.1. The van der Waals surface area contributed by atoms with Crippen molar-refractivity contribution in [2.75, 3.05) is 13.7 Å². The summed E-state index contributed by atoms with van der Waals surface area (Å²) in [5.74, 6) is -0.902. The molecule has 4 heteroatoms. The van der Waals surface area contributed by atoms with E-state index in [0.29, 0.717) is 19.4 Å². The Labute approximate surface area is 88.0 Å². The molecule has 0 saturated heterocycles. The van der Waals surface area contributed by atoms with Crippen LogP contribution in [0.5, 0.6) is 5.75 Å². The molecule has 0 unspecified atom stereocenters. The van der Waals surface area contributed by atoms with Gasteiger partial charge in [-0.1, -0.05) is 0 Å². The largest absolute Gasteiger partial charge is 0.497 e. The number of hydrogen-bond donors (Lipinski definition) is 1. The van der Waals surface area contributed by atoms with Gasteiger partial charge in [0.15, 0.2) is 0 Å². The van der Waals surface area contributed by atoms with E-state index in [0.717, 1.165) is 6.42 Å². The van der Waals surface area contributed by atoms with Crippen molar-refractivity contribution < 1.29 is 13.5 Å². The number of hydrogen-bond acceptors (Lipinski definition) is 2. The minimum absolute atomic E-state index is 0.115. The summed E-state index contributed by atoms with van der Waals surface area (Å²) >= 11 is 0. The fourth-order valence-corrected chi connectivity index (χ4v) is 1.38. The Balaban J connectivity index is 2.79. The quantitative estimate of drug-likeness (QED) is 0.764. The average Bonchev–Trinajstić information content (AvgIpc) is 2.22. The number of unbranched alkanes of at least 4 members (excludes halogenated alkanes) is 1. The van der Waals surface area contributed by atoms with Crippen molar-refractivity contribution in [3.05, 3.63) is 29.3 Å². The summed E-state index contributed by atoms with van der Waals surface area (Å²) in [5.41, 5.74) is 5.42. The topological polar surface area (TPSA) is 35.2 Å². The van der Waals surface area contributed by atoms with Gasteiger partial charge in [-0.3, -0.25) is 0 Å². The summed E-state index contributed by atoms with van der Waals surface area (Å²) in [6, 6.07) is 2.39. The third-order valence-electron chi connectivity index (χ3n) is 2.23. The number of methoxy groups -OCH3 is 1. The average molecular weight is 215 g/mol. The summed E-state index contributed by atoms with van der Waals surface area (Å²) in [5, 5.41) is 0. The highest BCUT2D eigenvalue weighted by Gasteiger charge is 2.10. The molecule has 0 aliphatic heterocycles. The molecular formula is C11H15F2NO. The second-order valence-electron chi connectivity index (χ2n) is 3.32. The predicted octanol–water partition coefficient (Wildman–Crippen LogP) is 2.25. The van der Waals surface area contributed by atoms with Crippen LogP contribution in [0.15, 0.2) is 12.1 Å². The van der Waals surface area contributed by atoms with Gasteiger partial charge in [0.05, 0.1) is 7.11 Å². The van der Waals surface area contributed by atoms with Crippen molar-refractivity contribution in [2.24, 2.45) is 5.73 Å². The van der Waals surface area contributed by atoms with E-state index in [2.05, 4.69) is 0 Å². The third kappa shape index (κ3) is 3.16. The van der Waals surface area contributed by atoms with Gasteiger partial charge in [0.25, 0.3) is 0 Å². The molecule has 0 heterocycles. The van der Waals surface area contributed by atoms with E-state index in [9.17, 15) is 8.78 Å². The van der Waals surface area contributed by atoms with E-state index in [1.54, 1.807) is 0 Å². The van der Waals surface area contributed by atoms with E-state index in [4.69, 9.17) is 10.5 Å². The molecule has 0 aliphatic rings. The first-order chi connectivity index (χ1) is 7.19. The normalized spacial score (nSPS) is 10.4. The lowest BCUT2D eigenvalue weighted by molar-refractivity contribution is 0.405. The summed E-state index contributed by atoms with van der Waals surface area (Å²) in [7, 11) is 1.38. The van der Waals surface area contributed by atoms with E-state index < -0.39 is 11.6 Å². The maximum absolute atomic E-state index is 13.4. The molecule has 0 atom stereocenters. The molecule has 0 fully saturated rings. The van der Waals surface area contributed by atoms with Gasteiger partial charge in [-0.15, -0.1) is 0 Å². The smallest absolute Gasteiger partial charge is 0.133 e. The molecule has 2 nitrogen and oxygen atoms in total. The number of ether oxygens (including phenoxy) is 1. The Morgan fingerprint density at radius 1 is 1.20 bits per heavy atom. The molecule has 1 aromatic carbocycles. The Morgan fingerprint density at radius 3 is 2.27 bits per heavy atom. The van der Waals surface area contributed by atoms with Crippen LogP contribution >= 0.6 is 0 Å². The van der Waals surface area contributed by atoms with E-state index in [1.165, 1.54) is 19.2 Å². The minimum atomic E-state index is -0.552. The third-order valence-corrected chi connectivity index (χ3v) is 2.23. The van der Waals surface area contributed by atoms with E-state index in [-0.39, 0.29) is 11.3 Å². The molecular weight excluding hydrogens is 200 g/mol. The van der Waals surface area contributed by atoms with Crippen LogP contribution in [0.3, 0.4) is 0 Å².